The Bertz CT molecular complexity index is 104. The fourth-order valence-electron chi connectivity index (χ4n) is 1.15. The van der Waals surface area contributed by atoms with Gasteiger partial charge in [-0.1, -0.05) is 6.08 Å². The first-order valence-electron chi connectivity index (χ1n) is 3.71. The van der Waals surface area contributed by atoms with Crippen LogP contribution in [0.5, 0.6) is 0 Å². The maximum atomic E-state index is 3.87. The SMILES string of the molecule is C=CCN1CCN([CH2-])CC1. The van der Waals surface area contributed by atoms with Crippen LogP contribution in [-0.4, -0.2) is 42.5 Å². The van der Waals surface area contributed by atoms with Crippen molar-refractivity contribution in [3.63, 3.8) is 0 Å². The first-order chi connectivity index (χ1) is 4.83. The van der Waals surface area contributed by atoms with Crippen LogP contribution in [0.25, 0.3) is 0 Å². The van der Waals surface area contributed by atoms with Crippen molar-refractivity contribution in [3.05, 3.63) is 19.7 Å². The van der Waals surface area contributed by atoms with Crippen LogP contribution in [0.15, 0.2) is 12.7 Å². The molecule has 0 aliphatic carbocycles. The number of rotatable bonds is 2. The van der Waals surface area contributed by atoms with Gasteiger partial charge in [-0.25, -0.2) is 0 Å². The summed E-state index contributed by atoms with van der Waals surface area (Å²) in [5.74, 6) is 0. The third-order valence-corrected chi connectivity index (χ3v) is 1.85. The van der Waals surface area contributed by atoms with Crippen molar-refractivity contribution < 1.29 is 0 Å². The molecule has 2 heteroatoms. The first kappa shape index (κ1) is 7.76. The van der Waals surface area contributed by atoms with E-state index in [0.717, 1.165) is 32.7 Å². The van der Waals surface area contributed by atoms with Crippen LogP contribution >= 0.6 is 0 Å². The summed E-state index contributed by atoms with van der Waals surface area (Å²) in [4.78, 5) is 4.49. The largest absolute Gasteiger partial charge is 0.457 e. The van der Waals surface area contributed by atoms with Gasteiger partial charge in [0.2, 0.25) is 0 Å². The summed E-state index contributed by atoms with van der Waals surface area (Å²) in [6, 6.07) is 0. The molecule has 0 N–H and O–H groups in total. The van der Waals surface area contributed by atoms with Gasteiger partial charge in [0.25, 0.3) is 0 Å². The molecule has 0 bridgehead atoms. The lowest BCUT2D eigenvalue weighted by Crippen LogP contribution is -2.43. The second kappa shape index (κ2) is 3.74. The lowest BCUT2D eigenvalue weighted by molar-refractivity contribution is 0.180. The van der Waals surface area contributed by atoms with E-state index < -0.39 is 0 Å². The highest BCUT2D eigenvalue weighted by Gasteiger charge is 2.07. The van der Waals surface area contributed by atoms with Gasteiger partial charge < -0.3 is 4.90 Å². The van der Waals surface area contributed by atoms with Gasteiger partial charge in [-0.05, 0) is 13.1 Å². The molecule has 0 aromatic heterocycles. The van der Waals surface area contributed by atoms with E-state index in [1.165, 1.54) is 0 Å². The van der Waals surface area contributed by atoms with Crippen LogP contribution in [-0.2, 0) is 0 Å². The molecule has 1 saturated heterocycles. The quantitative estimate of drug-likeness (QED) is 0.408. The molecular weight excluding hydrogens is 124 g/mol. The molecule has 1 aliphatic rings. The van der Waals surface area contributed by atoms with E-state index in [4.69, 9.17) is 0 Å². The number of nitrogens with zero attached hydrogens (tertiary/aromatic N) is 2. The zero-order valence-corrected chi connectivity index (χ0v) is 6.42. The Hall–Kier alpha value is -0.340. The molecule has 10 heavy (non-hydrogen) atoms. The lowest BCUT2D eigenvalue weighted by Gasteiger charge is -2.36. The third-order valence-electron chi connectivity index (χ3n) is 1.85. The summed E-state index contributed by atoms with van der Waals surface area (Å²) in [5.41, 5.74) is 0. The standard InChI is InChI=1S/C8H15N2/c1-3-4-10-7-5-9(2)6-8-10/h3H,1-2,4-8H2/q-1. The molecule has 0 unspecified atom stereocenters. The highest BCUT2D eigenvalue weighted by Crippen LogP contribution is 1.98. The van der Waals surface area contributed by atoms with Gasteiger partial charge in [0, 0.05) is 19.6 Å². The normalized spacial score (nSPS) is 22.9. The summed E-state index contributed by atoms with van der Waals surface area (Å²) < 4.78 is 0. The van der Waals surface area contributed by atoms with Gasteiger partial charge in [0.1, 0.15) is 0 Å². The molecule has 2 nitrogen and oxygen atoms in total. The highest BCUT2D eigenvalue weighted by molar-refractivity contribution is 4.78. The van der Waals surface area contributed by atoms with E-state index in [0.29, 0.717) is 0 Å². The van der Waals surface area contributed by atoms with Gasteiger partial charge in [-0.15, -0.1) is 6.58 Å². The first-order valence-corrected chi connectivity index (χ1v) is 3.71. The summed E-state index contributed by atoms with van der Waals surface area (Å²) in [6.45, 7) is 9.18. The second-order valence-electron chi connectivity index (χ2n) is 2.71. The van der Waals surface area contributed by atoms with E-state index in [2.05, 4.69) is 23.4 Å². The molecule has 1 fully saturated rings. The fourth-order valence-corrected chi connectivity index (χ4v) is 1.15. The van der Waals surface area contributed by atoms with Gasteiger partial charge in [0.15, 0.2) is 0 Å². The minimum absolute atomic E-state index is 1.02. The number of hydrogen-bond acceptors (Lipinski definition) is 2. The minimum Gasteiger partial charge on any atom is -0.457 e. The smallest absolute Gasteiger partial charge is 0.0161 e. The predicted octanol–water partition coefficient (Wildman–Crippen LogP) is 0.582. The Labute approximate surface area is 63.1 Å². The van der Waals surface area contributed by atoms with Crippen LogP contribution < -0.4 is 0 Å². The summed E-state index contributed by atoms with van der Waals surface area (Å²) >= 11 is 0. The summed E-state index contributed by atoms with van der Waals surface area (Å²) in [6.07, 6.45) is 1.96. The molecule has 0 amide bonds. The maximum Gasteiger partial charge on any atom is 0.0161 e. The van der Waals surface area contributed by atoms with Crippen molar-refractivity contribution in [3.8, 4) is 0 Å². The molecule has 0 spiro atoms. The molecule has 0 aromatic rings. The average Bonchev–Trinajstić information content (AvgIpc) is 1.95. The Morgan fingerprint density at radius 1 is 1.30 bits per heavy atom. The predicted molar refractivity (Wildman–Crippen MR) is 43.6 cm³/mol. The molecule has 0 atom stereocenters. The lowest BCUT2D eigenvalue weighted by atomic mass is 10.3. The molecule has 1 rings (SSSR count). The van der Waals surface area contributed by atoms with Crippen molar-refractivity contribution in [2.45, 2.75) is 0 Å². The zero-order chi connectivity index (χ0) is 7.40. The van der Waals surface area contributed by atoms with Crippen LogP contribution in [0.1, 0.15) is 0 Å². The van der Waals surface area contributed by atoms with E-state index in [9.17, 15) is 0 Å². The van der Waals surface area contributed by atoms with Crippen molar-refractivity contribution >= 4 is 0 Å². The Morgan fingerprint density at radius 3 is 2.40 bits per heavy atom. The molecule has 0 radical (unpaired) electrons. The summed E-state index contributed by atoms with van der Waals surface area (Å²) in [7, 11) is 3.87. The monoisotopic (exact) mass is 139 g/mol. The molecule has 0 saturated carbocycles. The Morgan fingerprint density at radius 2 is 1.90 bits per heavy atom. The molecule has 1 heterocycles. The van der Waals surface area contributed by atoms with Crippen LogP contribution in [0.2, 0.25) is 0 Å². The van der Waals surface area contributed by atoms with Crippen molar-refractivity contribution in [2.24, 2.45) is 0 Å². The van der Waals surface area contributed by atoms with Crippen LogP contribution in [0.4, 0.5) is 0 Å². The Kier molecular flexibility index (Phi) is 2.90. The molecular formula is C8H15N2-. The topological polar surface area (TPSA) is 6.48 Å². The highest BCUT2D eigenvalue weighted by atomic mass is 15.2. The number of piperazine rings is 1. The Balaban J connectivity index is 2.19. The van der Waals surface area contributed by atoms with Crippen LogP contribution in [0, 0.1) is 7.05 Å². The van der Waals surface area contributed by atoms with E-state index >= 15 is 0 Å². The second-order valence-corrected chi connectivity index (χ2v) is 2.71. The van der Waals surface area contributed by atoms with Crippen LogP contribution in [0.3, 0.4) is 0 Å². The van der Waals surface area contributed by atoms with Gasteiger partial charge in [-0.3, -0.25) is 11.9 Å². The van der Waals surface area contributed by atoms with Crippen molar-refractivity contribution in [1.82, 2.24) is 9.80 Å². The average molecular weight is 139 g/mol. The van der Waals surface area contributed by atoms with E-state index in [1.807, 2.05) is 6.08 Å². The summed E-state index contributed by atoms with van der Waals surface area (Å²) in [5, 5.41) is 0. The van der Waals surface area contributed by atoms with Crippen molar-refractivity contribution in [2.75, 3.05) is 32.7 Å². The maximum absolute atomic E-state index is 3.87. The van der Waals surface area contributed by atoms with Gasteiger partial charge >= 0.3 is 0 Å². The molecule has 1 aliphatic heterocycles. The number of hydrogen-bond donors (Lipinski definition) is 0. The molecule has 58 valence electrons. The van der Waals surface area contributed by atoms with Gasteiger partial charge in [0.05, 0.1) is 0 Å². The third kappa shape index (κ3) is 2.12. The van der Waals surface area contributed by atoms with E-state index in [1.54, 1.807) is 0 Å². The van der Waals surface area contributed by atoms with Gasteiger partial charge in [-0.2, -0.15) is 0 Å². The van der Waals surface area contributed by atoms with E-state index in [-0.39, 0.29) is 0 Å². The minimum atomic E-state index is 1.02. The fraction of sp³-hybridized carbons (Fsp3) is 0.625. The zero-order valence-electron chi connectivity index (χ0n) is 6.42. The van der Waals surface area contributed by atoms with Crippen molar-refractivity contribution in [1.29, 1.82) is 0 Å². The molecule has 0 aromatic carbocycles.